The molecule has 2 rings (SSSR count). The molecule has 0 aromatic carbocycles. The predicted octanol–water partition coefficient (Wildman–Crippen LogP) is -0.538. The van der Waals surface area contributed by atoms with Crippen LogP contribution in [0.3, 0.4) is 0 Å². The topological polar surface area (TPSA) is 75.4 Å². The van der Waals surface area contributed by atoms with Crippen LogP contribution in [-0.2, 0) is 9.59 Å². The lowest BCUT2D eigenvalue weighted by atomic mass is 10.3. The van der Waals surface area contributed by atoms with Crippen molar-refractivity contribution in [3.63, 3.8) is 0 Å². The average molecular weight is 225 g/mol. The Balaban J connectivity index is 1.85. The van der Waals surface area contributed by atoms with Crippen molar-refractivity contribution in [2.45, 2.75) is 31.7 Å². The monoisotopic (exact) mass is 225 g/mol. The number of nitrogens with zero attached hydrogens (tertiary/aromatic N) is 1. The third-order valence-electron chi connectivity index (χ3n) is 3.02. The van der Waals surface area contributed by atoms with E-state index in [1.54, 1.807) is 4.90 Å². The number of carbonyl (C=O) groups is 2. The van der Waals surface area contributed by atoms with Gasteiger partial charge < -0.3 is 16.0 Å². The zero-order valence-electron chi connectivity index (χ0n) is 9.45. The second-order valence-electron chi connectivity index (χ2n) is 4.68. The highest BCUT2D eigenvalue weighted by atomic mass is 16.2. The first-order valence-electron chi connectivity index (χ1n) is 6.01. The Bertz CT molecular complexity index is 285. The lowest BCUT2D eigenvalue weighted by Crippen LogP contribution is -2.46. The minimum absolute atomic E-state index is 0.316. The summed E-state index contributed by atoms with van der Waals surface area (Å²) in [5.74, 6) is -0.243. The molecular formula is C11H19N3O2. The maximum atomic E-state index is 11.9. The molecule has 0 aromatic heterocycles. The minimum atomic E-state index is -0.502. The molecule has 0 atom stereocenters. The molecule has 3 N–H and O–H groups in total. The maximum Gasteiger partial charge on any atom is 0.312 e. The first-order chi connectivity index (χ1) is 7.72. The van der Waals surface area contributed by atoms with Gasteiger partial charge in [0.05, 0.1) is 0 Å². The van der Waals surface area contributed by atoms with Crippen molar-refractivity contribution in [1.29, 1.82) is 0 Å². The van der Waals surface area contributed by atoms with E-state index in [-0.39, 0.29) is 5.91 Å². The summed E-state index contributed by atoms with van der Waals surface area (Å²) in [4.78, 5) is 25.1. The average Bonchev–Trinajstić information content (AvgIpc) is 3.14. The molecule has 0 saturated heterocycles. The van der Waals surface area contributed by atoms with E-state index in [9.17, 15) is 9.59 Å². The van der Waals surface area contributed by atoms with Gasteiger partial charge in [0, 0.05) is 25.7 Å². The first-order valence-corrected chi connectivity index (χ1v) is 6.01. The lowest BCUT2D eigenvalue weighted by molar-refractivity contribution is -0.146. The molecule has 5 nitrogen and oxygen atoms in total. The van der Waals surface area contributed by atoms with Crippen LogP contribution < -0.4 is 11.1 Å². The van der Waals surface area contributed by atoms with Gasteiger partial charge in [-0.25, -0.2) is 0 Å². The van der Waals surface area contributed by atoms with Gasteiger partial charge in [-0.05, 0) is 31.6 Å². The van der Waals surface area contributed by atoms with Crippen LogP contribution >= 0.6 is 0 Å². The summed E-state index contributed by atoms with van der Waals surface area (Å²) in [7, 11) is 0. The van der Waals surface area contributed by atoms with Gasteiger partial charge in [0.2, 0.25) is 0 Å². The molecule has 0 radical (unpaired) electrons. The van der Waals surface area contributed by atoms with Crippen molar-refractivity contribution in [2.24, 2.45) is 11.7 Å². The molecule has 0 unspecified atom stereocenters. The molecule has 2 amide bonds. The fraction of sp³-hybridized carbons (Fsp3) is 0.818. The lowest BCUT2D eigenvalue weighted by Gasteiger charge is -2.21. The third-order valence-corrected chi connectivity index (χ3v) is 3.02. The molecule has 0 heterocycles. The minimum Gasteiger partial charge on any atom is -0.347 e. The largest absolute Gasteiger partial charge is 0.347 e. The Kier molecular flexibility index (Phi) is 3.43. The Morgan fingerprint density at radius 2 is 1.94 bits per heavy atom. The van der Waals surface area contributed by atoms with Crippen molar-refractivity contribution in [3.05, 3.63) is 0 Å². The molecule has 2 aliphatic rings. The van der Waals surface area contributed by atoms with E-state index in [1.807, 2.05) is 0 Å². The SMILES string of the molecule is NCCNC(=O)C(=O)N(CC1CC1)C1CC1. The maximum absolute atomic E-state index is 11.9. The highest BCUT2D eigenvalue weighted by Crippen LogP contribution is 2.34. The zero-order valence-corrected chi connectivity index (χ0v) is 9.45. The Labute approximate surface area is 95.3 Å². The van der Waals surface area contributed by atoms with Crippen molar-refractivity contribution < 1.29 is 9.59 Å². The van der Waals surface area contributed by atoms with Crippen molar-refractivity contribution >= 4 is 11.8 Å². The number of carbonyl (C=O) groups excluding carboxylic acids is 2. The van der Waals surface area contributed by atoms with E-state index < -0.39 is 5.91 Å². The van der Waals surface area contributed by atoms with Crippen LogP contribution in [0.1, 0.15) is 25.7 Å². The summed E-state index contributed by atoms with van der Waals surface area (Å²) >= 11 is 0. The predicted molar refractivity (Wildman–Crippen MR) is 59.5 cm³/mol. The summed E-state index contributed by atoms with van der Waals surface area (Å²) in [6.45, 7) is 1.50. The number of amides is 2. The first kappa shape index (κ1) is 11.4. The summed E-state index contributed by atoms with van der Waals surface area (Å²) in [5.41, 5.74) is 5.28. The quantitative estimate of drug-likeness (QED) is 0.617. The molecule has 90 valence electrons. The Hall–Kier alpha value is -1.10. The van der Waals surface area contributed by atoms with E-state index >= 15 is 0 Å². The molecule has 0 spiro atoms. The summed E-state index contributed by atoms with van der Waals surface area (Å²) < 4.78 is 0. The molecule has 0 bridgehead atoms. The standard InChI is InChI=1S/C11H19N3O2/c12-5-6-13-10(15)11(16)14(9-3-4-9)7-8-1-2-8/h8-9H,1-7,12H2,(H,13,15). The summed E-state index contributed by atoms with van der Waals surface area (Å²) in [6.07, 6.45) is 4.48. The second-order valence-corrected chi connectivity index (χ2v) is 4.68. The van der Waals surface area contributed by atoms with Gasteiger partial charge >= 0.3 is 11.8 Å². The van der Waals surface area contributed by atoms with Gasteiger partial charge in [-0.1, -0.05) is 0 Å². The number of nitrogens with two attached hydrogens (primary N) is 1. The van der Waals surface area contributed by atoms with Gasteiger partial charge in [-0.15, -0.1) is 0 Å². The van der Waals surface area contributed by atoms with Crippen LogP contribution in [0.25, 0.3) is 0 Å². The fourth-order valence-electron chi connectivity index (χ4n) is 1.75. The molecule has 2 fully saturated rings. The molecule has 16 heavy (non-hydrogen) atoms. The van der Waals surface area contributed by atoms with E-state index in [2.05, 4.69) is 5.32 Å². The van der Waals surface area contributed by atoms with E-state index in [0.717, 1.165) is 19.4 Å². The highest BCUT2D eigenvalue weighted by Gasteiger charge is 2.38. The molecule has 0 aliphatic heterocycles. The van der Waals surface area contributed by atoms with Crippen LogP contribution in [-0.4, -0.2) is 42.4 Å². The summed E-state index contributed by atoms with van der Waals surface area (Å²) in [5, 5.41) is 2.53. The molecule has 5 heteroatoms. The molecule has 2 aliphatic carbocycles. The van der Waals surface area contributed by atoms with Crippen molar-refractivity contribution in [3.8, 4) is 0 Å². The van der Waals surface area contributed by atoms with Crippen molar-refractivity contribution in [2.75, 3.05) is 19.6 Å². The van der Waals surface area contributed by atoms with Gasteiger partial charge in [0.1, 0.15) is 0 Å². The molecule has 2 saturated carbocycles. The van der Waals surface area contributed by atoms with Crippen LogP contribution in [0.5, 0.6) is 0 Å². The fourth-order valence-corrected chi connectivity index (χ4v) is 1.75. The van der Waals surface area contributed by atoms with Gasteiger partial charge in [0.15, 0.2) is 0 Å². The molecule has 0 aromatic rings. The van der Waals surface area contributed by atoms with Gasteiger partial charge in [-0.2, -0.15) is 0 Å². The highest BCUT2D eigenvalue weighted by molar-refractivity contribution is 6.35. The number of hydrogen-bond acceptors (Lipinski definition) is 3. The van der Waals surface area contributed by atoms with Gasteiger partial charge in [-0.3, -0.25) is 9.59 Å². The Morgan fingerprint density at radius 1 is 1.25 bits per heavy atom. The van der Waals surface area contributed by atoms with E-state index in [4.69, 9.17) is 5.73 Å². The van der Waals surface area contributed by atoms with E-state index in [1.165, 1.54) is 12.8 Å². The van der Waals surface area contributed by atoms with Crippen LogP contribution in [0, 0.1) is 5.92 Å². The normalized spacial score (nSPS) is 19.3. The van der Waals surface area contributed by atoms with Crippen molar-refractivity contribution in [1.82, 2.24) is 10.2 Å². The van der Waals surface area contributed by atoms with Crippen LogP contribution in [0.15, 0.2) is 0 Å². The second kappa shape index (κ2) is 4.82. The third kappa shape index (κ3) is 2.95. The number of nitrogens with one attached hydrogen (secondary N) is 1. The number of rotatable bonds is 5. The Morgan fingerprint density at radius 3 is 2.44 bits per heavy atom. The zero-order chi connectivity index (χ0) is 11.5. The van der Waals surface area contributed by atoms with Gasteiger partial charge in [0.25, 0.3) is 0 Å². The van der Waals surface area contributed by atoms with Crippen LogP contribution in [0.2, 0.25) is 0 Å². The molecular weight excluding hydrogens is 206 g/mol. The summed E-state index contributed by atoms with van der Waals surface area (Å²) in [6, 6.07) is 0.316. The smallest absolute Gasteiger partial charge is 0.312 e. The number of hydrogen-bond donors (Lipinski definition) is 2. The van der Waals surface area contributed by atoms with Crippen LogP contribution in [0.4, 0.5) is 0 Å². The van der Waals surface area contributed by atoms with E-state index in [0.29, 0.717) is 25.0 Å².